The van der Waals surface area contributed by atoms with E-state index < -0.39 is 21.8 Å². The minimum Gasteiger partial charge on any atom is -0.497 e. The van der Waals surface area contributed by atoms with E-state index in [-0.39, 0.29) is 10.5 Å². The Morgan fingerprint density at radius 3 is 2.00 bits per heavy atom. The monoisotopic (exact) mass is 439 g/mol. The maximum absolute atomic E-state index is 13.0. The summed E-state index contributed by atoms with van der Waals surface area (Å²) in [6.07, 6.45) is 0. The molecular formula is C22H21N3O5S. The van der Waals surface area contributed by atoms with Gasteiger partial charge >= 0.3 is 0 Å². The number of methoxy groups -OCH3 is 1. The highest BCUT2D eigenvalue weighted by atomic mass is 32.2. The summed E-state index contributed by atoms with van der Waals surface area (Å²) in [5.41, 5.74) is 5.49. The van der Waals surface area contributed by atoms with E-state index in [1.165, 1.54) is 38.4 Å². The van der Waals surface area contributed by atoms with E-state index in [9.17, 15) is 18.0 Å². The number of nitrogens with zero attached hydrogens (tertiary/aromatic N) is 1. The van der Waals surface area contributed by atoms with Crippen molar-refractivity contribution in [1.29, 1.82) is 0 Å². The molecular weight excluding hydrogens is 418 g/mol. The standard InChI is InChI=1S/C22H21N3O5S/c1-25(18-11-13-19(30-2)14-12-18)31(28,29)20-10-6-9-17(15-20)22(27)24-23-21(26)16-7-4-3-5-8-16/h3-15H,1-2H3,(H,23,26)(H,24,27). The highest BCUT2D eigenvalue weighted by Crippen LogP contribution is 2.24. The maximum atomic E-state index is 13.0. The van der Waals surface area contributed by atoms with Gasteiger partial charge in [-0.1, -0.05) is 24.3 Å². The third-order valence-corrected chi connectivity index (χ3v) is 6.30. The highest BCUT2D eigenvalue weighted by Gasteiger charge is 2.22. The van der Waals surface area contributed by atoms with Crippen molar-refractivity contribution in [2.45, 2.75) is 4.90 Å². The molecule has 0 radical (unpaired) electrons. The lowest BCUT2D eigenvalue weighted by atomic mass is 10.2. The van der Waals surface area contributed by atoms with Gasteiger partial charge in [0.05, 0.1) is 17.7 Å². The summed E-state index contributed by atoms with van der Waals surface area (Å²) in [7, 11) is -0.974. The Labute approximate surface area is 180 Å². The molecule has 0 spiro atoms. The van der Waals surface area contributed by atoms with Crippen molar-refractivity contribution in [2.75, 3.05) is 18.5 Å². The second-order valence-corrected chi connectivity index (χ2v) is 8.44. The first-order chi connectivity index (χ1) is 14.8. The molecule has 3 rings (SSSR count). The van der Waals surface area contributed by atoms with E-state index in [2.05, 4.69) is 10.9 Å². The Morgan fingerprint density at radius 1 is 0.806 bits per heavy atom. The zero-order valence-corrected chi connectivity index (χ0v) is 17.7. The summed E-state index contributed by atoms with van der Waals surface area (Å²) in [6.45, 7) is 0. The Balaban J connectivity index is 1.74. The fraction of sp³-hybridized carbons (Fsp3) is 0.0909. The summed E-state index contributed by atoms with van der Waals surface area (Å²) < 4.78 is 32.2. The van der Waals surface area contributed by atoms with Gasteiger partial charge in [-0.05, 0) is 54.6 Å². The fourth-order valence-electron chi connectivity index (χ4n) is 2.73. The molecule has 0 aromatic heterocycles. The SMILES string of the molecule is COc1ccc(N(C)S(=O)(=O)c2cccc(C(=O)NNC(=O)c3ccccc3)c2)cc1. The quantitative estimate of drug-likeness (QED) is 0.575. The number of anilines is 1. The number of ether oxygens (including phenoxy) is 1. The molecule has 2 N–H and O–H groups in total. The number of hydrogen-bond donors (Lipinski definition) is 2. The smallest absolute Gasteiger partial charge is 0.269 e. The van der Waals surface area contributed by atoms with Gasteiger partial charge < -0.3 is 4.74 Å². The predicted molar refractivity (Wildman–Crippen MR) is 116 cm³/mol. The molecule has 0 aliphatic carbocycles. The number of amides is 2. The molecule has 0 unspecified atom stereocenters. The van der Waals surface area contributed by atoms with Gasteiger partial charge in [-0.2, -0.15) is 0 Å². The van der Waals surface area contributed by atoms with Crippen molar-refractivity contribution >= 4 is 27.5 Å². The van der Waals surface area contributed by atoms with Gasteiger partial charge in [-0.3, -0.25) is 24.7 Å². The van der Waals surface area contributed by atoms with E-state index in [0.717, 1.165) is 4.31 Å². The third-order valence-electron chi connectivity index (χ3n) is 4.52. The van der Waals surface area contributed by atoms with Crippen LogP contribution < -0.4 is 19.9 Å². The molecule has 0 saturated heterocycles. The second-order valence-electron chi connectivity index (χ2n) is 6.47. The van der Waals surface area contributed by atoms with Crippen LogP contribution in [0.5, 0.6) is 5.75 Å². The van der Waals surface area contributed by atoms with Crippen LogP contribution in [0.25, 0.3) is 0 Å². The van der Waals surface area contributed by atoms with Crippen molar-refractivity contribution in [3.8, 4) is 5.75 Å². The van der Waals surface area contributed by atoms with Crippen LogP contribution in [-0.2, 0) is 10.0 Å². The van der Waals surface area contributed by atoms with E-state index in [4.69, 9.17) is 4.74 Å². The zero-order valence-electron chi connectivity index (χ0n) is 16.9. The Hall–Kier alpha value is -3.85. The highest BCUT2D eigenvalue weighted by molar-refractivity contribution is 7.92. The van der Waals surface area contributed by atoms with E-state index >= 15 is 0 Å². The number of nitrogens with one attached hydrogen (secondary N) is 2. The first-order valence-electron chi connectivity index (χ1n) is 9.21. The Morgan fingerprint density at radius 2 is 1.39 bits per heavy atom. The van der Waals surface area contributed by atoms with Gasteiger partial charge in [-0.25, -0.2) is 8.42 Å². The molecule has 0 aliphatic heterocycles. The minimum atomic E-state index is -3.92. The predicted octanol–water partition coefficient (Wildman–Crippen LogP) is 2.60. The first-order valence-corrected chi connectivity index (χ1v) is 10.7. The van der Waals surface area contributed by atoms with Crippen LogP contribution >= 0.6 is 0 Å². The van der Waals surface area contributed by atoms with Crippen LogP contribution in [0.15, 0.2) is 83.8 Å². The number of rotatable bonds is 6. The van der Waals surface area contributed by atoms with E-state index in [0.29, 0.717) is 17.0 Å². The molecule has 3 aromatic rings. The number of carbonyl (C=O) groups excluding carboxylic acids is 2. The minimum absolute atomic E-state index is 0.0622. The van der Waals surface area contributed by atoms with Crippen molar-refractivity contribution in [2.24, 2.45) is 0 Å². The van der Waals surface area contributed by atoms with Crippen LogP contribution in [0, 0.1) is 0 Å². The molecule has 3 aromatic carbocycles. The molecule has 2 amide bonds. The van der Waals surface area contributed by atoms with Crippen LogP contribution in [0.2, 0.25) is 0 Å². The van der Waals surface area contributed by atoms with Crippen LogP contribution in [0.3, 0.4) is 0 Å². The van der Waals surface area contributed by atoms with E-state index in [1.807, 2.05) is 0 Å². The van der Waals surface area contributed by atoms with Gasteiger partial charge in [0.25, 0.3) is 21.8 Å². The molecule has 0 heterocycles. The molecule has 0 saturated carbocycles. The summed E-state index contributed by atoms with van der Waals surface area (Å²) in [6, 6.07) is 20.5. The summed E-state index contributed by atoms with van der Waals surface area (Å²) >= 11 is 0. The van der Waals surface area contributed by atoms with E-state index in [1.54, 1.807) is 54.6 Å². The summed E-state index contributed by atoms with van der Waals surface area (Å²) in [5, 5.41) is 0. The number of sulfonamides is 1. The lowest BCUT2D eigenvalue weighted by Crippen LogP contribution is -2.41. The second kappa shape index (κ2) is 9.31. The lowest BCUT2D eigenvalue weighted by Gasteiger charge is -2.20. The number of hydrogen-bond acceptors (Lipinski definition) is 5. The Bertz CT molecular complexity index is 1180. The average Bonchev–Trinajstić information content (AvgIpc) is 2.82. The maximum Gasteiger partial charge on any atom is 0.269 e. The number of carbonyl (C=O) groups is 2. The van der Waals surface area contributed by atoms with Gasteiger partial charge in [-0.15, -0.1) is 0 Å². The van der Waals surface area contributed by atoms with Crippen molar-refractivity contribution in [1.82, 2.24) is 10.9 Å². The number of hydrazine groups is 1. The molecule has 160 valence electrons. The average molecular weight is 439 g/mol. The van der Waals surface area contributed by atoms with Gasteiger partial charge in [0.1, 0.15) is 5.75 Å². The van der Waals surface area contributed by atoms with Crippen LogP contribution in [0.4, 0.5) is 5.69 Å². The van der Waals surface area contributed by atoms with Gasteiger partial charge in [0.15, 0.2) is 0 Å². The summed E-state index contributed by atoms with van der Waals surface area (Å²) in [4.78, 5) is 24.4. The van der Waals surface area contributed by atoms with Crippen LogP contribution in [0.1, 0.15) is 20.7 Å². The number of benzene rings is 3. The van der Waals surface area contributed by atoms with Crippen molar-refractivity contribution in [3.63, 3.8) is 0 Å². The molecule has 9 heteroatoms. The molecule has 0 atom stereocenters. The molecule has 8 nitrogen and oxygen atoms in total. The van der Waals surface area contributed by atoms with Crippen molar-refractivity contribution < 1.29 is 22.7 Å². The molecule has 0 bridgehead atoms. The third kappa shape index (κ3) is 5.01. The fourth-order valence-corrected chi connectivity index (χ4v) is 3.98. The lowest BCUT2D eigenvalue weighted by molar-refractivity contribution is 0.0846. The normalized spacial score (nSPS) is 10.8. The largest absolute Gasteiger partial charge is 0.497 e. The Kier molecular flexibility index (Phi) is 6.56. The van der Waals surface area contributed by atoms with Gasteiger partial charge in [0.2, 0.25) is 0 Å². The summed E-state index contributed by atoms with van der Waals surface area (Å²) in [5.74, 6) is -0.531. The molecule has 0 fully saturated rings. The molecule has 31 heavy (non-hydrogen) atoms. The zero-order chi connectivity index (χ0) is 22.4. The van der Waals surface area contributed by atoms with Gasteiger partial charge in [0, 0.05) is 18.2 Å². The van der Waals surface area contributed by atoms with Crippen LogP contribution in [-0.4, -0.2) is 34.4 Å². The first kappa shape index (κ1) is 21.8. The molecule has 0 aliphatic rings. The van der Waals surface area contributed by atoms with Crippen molar-refractivity contribution in [3.05, 3.63) is 90.0 Å². The topological polar surface area (TPSA) is 105 Å².